The van der Waals surface area contributed by atoms with Crippen LogP contribution in [-0.2, 0) is 38.8 Å². The van der Waals surface area contributed by atoms with Crippen molar-refractivity contribution in [2.75, 3.05) is 0 Å². The molecular weight excluding hydrogens is 344 g/mol. The van der Waals surface area contributed by atoms with Crippen LogP contribution in [0.15, 0.2) is 12.3 Å². The fourth-order valence-electron chi connectivity index (χ4n) is 3.94. The van der Waals surface area contributed by atoms with Crippen molar-refractivity contribution in [1.82, 2.24) is 20.6 Å². The summed E-state index contributed by atoms with van der Waals surface area (Å²) in [7, 11) is 0. The van der Waals surface area contributed by atoms with Gasteiger partial charge in [-0.15, -0.1) is 11.3 Å². The summed E-state index contributed by atoms with van der Waals surface area (Å²) in [6, 6.07) is 1.96. The molecule has 4 rings (SSSR count). The van der Waals surface area contributed by atoms with Crippen molar-refractivity contribution in [3.05, 3.63) is 44.7 Å². The van der Waals surface area contributed by atoms with Crippen LogP contribution in [0.2, 0.25) is 0 Å². The van der Waals surface area contributed by atoms with E-state index in [0.717, 1.165) is 42.3 Å². The van der Waals surface area contributed by atoms with Crippen molar-refractivity contribution in [2.45, 2.75) is 65.0 Å². The molecule has 2 amide bonds. The van der Waals surface area contributed by atoms with E-state index < -0.39 is 0 Å². The zero-order valence-corrected chi connectivity index (χ0v) is 16.1. The molecule has 0 aliphatic heterocycles. The van der Waals surface area contributed by atoms with Crippen LogP contribution in [0.4, 0.5) is 4.79 Å². The fourth-order valence-corrected chi connectivity index (χ4v) is 5.16. The van der Waals surface area contributed by atoms with E-state index >= 15 is 0 Å². The maximum atomic E-state index is 12.2. The Morgan fingerprint density at radius 1 is 1.23 bits per heavy atom. The third-order valence-corrected chi connectivity index (χ3v) is 6.53. The Kier molecular flexibility index (Phi) is 5.20. The fraction of sp³-hybridized carbons (Fsp3) is 0.550. The number of rotatable bonds is 4. The van der Waals surface area contributed by atoms with Crippen molar-refractivity contribution in [2.24, 2.45) is 5.92 Å². The highest BCUT2D eigenvalue weighted by atomic mass is 32.1. The summed E-state index contributed by atoms with van der Waals surface area (Å²) < 4.78 is 0. The van der Waals surface area contributed by atoms with Gasteiger partial charge < -0.3 is 10.6 Å². The first-order chi connectivity index (χ1) is 12.7. The van der Waals surface area contributed by atoms with Crippen LogP contribution in [0.1, 0.15) is 58.6 Å². The second kappa shape index (κ2) is 7.74. The van der Waals surface area contributed by atoms with Crippen LogP contribution >= 0.6 is 11.3 Å². The number of thiazole rings is 1. The van der Waals surface area contributed by atoms with Crippen LogP contribution in [0.5, 0.6) is 0 Å². The third kappa shape index (κ3) is 3.90. The second-order valence-electron chi connectivity index (χ2n) is 7.46. The molecule has 0 fully saturated rings. The highest BCUT2D eigenvalue weighted by Gasteiger charge is 2.20. The summed E-state index contributed by atoms with van der Waals surface area (Å²) in [6.45, 7) is 3.28. The minimum atomic E-state index is -0.151. The molecular formula is C20H26N4OS. The first kappa shape index (κ1) is 17.5. The number of amides is 2. The van der Waals surface area contributed by atoms with E-state index in [2.05, 4.69) is 28.6 Å². The molecule has 2 aromatic heterocycles. The molecule has 0 aromatic carbocycles. The maximum Gasteiger partial charge on any atom is 0.315 e. The zero-order valence-electron chi connectivity index (χ0n) is 15.3. The quantitative estimate of drug-likeness (QED) is 0.865. The molecule has 138 valence electrons. The number of fused-ring (bicyclic) bond motifs is 2. The number of carbonyl (C=O) groups is 1. The topological polar surface area (TPSA) is 66.9 Å². The van der Waals surface area contributed by atoms with Gasteiger partial charge in [-0.05, 0) is 68.1 Å². The van der Waals surface area contributed by atoms with Crippen molar-refractivity contribution < 1.29 is 4.79 Å². The molecule has 0 spiro atoms. The Morgan fingerprint density at radius 2 is 2.08 bits per heavy atom. The van der Waals surface area contributed by atoms with Crippen molar-refractivity contribution in [1.29, 1.82) is 0 Å². The van der Waals surface area contributed by atoms with Crippen LogP contribution in [-0.4, -0.2) is 16.0 Å². The normalized spacial score (nSPS) is 18.7. The van der Waals surface area contributed by atoms with Crippen molar-refractivity contribution in [3.8, 4) is 0 Å². The van der Waals surface area contributed by atoms with Gasteiger partial charge in [0, 0.05) is 11.1 Å². The molecule has 2 aromatic rings. The first-order valence-electron chi connectivity index (χ1n) is 9.64. The van der Waals surface area contributed by atoms with E-state index in [9.17, 15) is 4.79 Å². The van der Waals surface area contributed by atoms with Crippen molar-refractivity contribution >= 4 is 17.4 Å². The number of carbonyl (C=O) groups excluding carboxylic acids is 1. The molecule has 2 aliphatic carbocycles. The number of aryl methyl sites for hydroxylation is 2. The van der Waals surface area contributed by atoms with E-state index in [1.807, 2.05) is 6.20 Å². The molecule has 5 nitrogen and oxygen atoms in total. The molecule has 2 aliphatic rings. The van der Waals surface area contributed by atoms with E-state index in [-0.39, 0.29) is 6.03 Å². The summed E-state index contributed by atoms with van der Waals surface area (Å²) in [4.78, 5) is 22.8. The van der Waals surface area contributed by atoms with Crippen LogP contribution < -0.4 is 10.6 Å². The monoisotopic (exact) mass is 370 g/mol. The Balaban J connectivity index is 1.30. The van der Waals surface area contributed by atoms with Gasteiger partial charge in [-0.25, -0.2) is 9.78 Å². The number of hydrogen-bond donors (Lipinski definition) is 2. The van der Waals surface area contributed by atoms with Gasteiger partial charge in [-0.1, -0.05) is 6.92 Å². The molecule has 2 heterocycles. The van der Waals surface area contributed by atoms with Gasteiger partial charge in [-0.3, -0.25) is 4.98 Å². The van der Waals surface area contributed by atoms with Crippen LogP contribution in [0.3, 0.4) is 0 Å². The summed E-state index contributed by atoms with van der Waals surface area (Å²) in [6.07, 6.45) is 9.95. The minimum absolute atomic E-state index is 0.151. The summed E-state index contributed by atoms with van der Waals surface area (Å²) in [5, 5.41) is 6.90. The highest BCUT2D eigenvalue weighted by molar-refractivity contribution is 7.11. The Morgan fingerprint density at radius 3 is 3.00 bits per heavy atom. The van der Waals surface area contributed by atoms with Gasteiger partial charge in [0.25, 0.3) is 0 Å². The smallest absolute Gasteiger partial charge is 0.315 e. The van der Waals surface area contributed by atoms with Crippen LogP contribution in [0, 0.1) is 5.92 Å². The van der Waals surface area contributed by atoms with Crippen molar-refractivity contribution in [3.63, 3.8) is 0 Å². The summed E-state index contributed by atoms with van der Waals surface area (Å²) in [5.41, 5.74) is 4.98. The number of nitrogens with zero attached hydrogens (tertiary/aromatic N) is 2. The lowest BCUT2D eigenvalue weighted by molar-refractivity contribution is 0.240. The molecule has 0 saturated heterocycles. The van der Waals surface area contributed by atoms with E-state index in [1.54, 1.807) is 11.3 Å². The first-order valence-corrected chi connectivity index (χ1v) is 10.5. The number of nitrogens with one attached hydrogen (secondary N) is 2. The van der Waals surface area contributed by atoms with E-state index in [0.29, 0.717) is 13.1 Å². The Hall–Kier alpha value is -1.95. The zero-order chi connectivity index (χ0) is 17.9. The molecule has 6 heteroatoms. The Labute approximate surface area is 158 Å². The predicted octanol–water partition coefficient (Wildman–Crippen LogP) is 3.54. The largest absolute Gasteiger partial charge is 0.332 e. The Bertz CT molecular complexity index is 801. The lowest BCUT2D eigenvalue weighted by atomic mass is 9.91. The average Bonchev–Trinajstić information content (AvgIpc) is 3.06. The van der Waals surface area contributed by atoms with Gasteiger partial charge in [0.15, 0.2) is 0 Å². The van der Waals surface area contributed by atoms with Gasteiger partial charge in [0.1, 0.15) is 5.01 Å². The standard InChI is InChI=1S/C20H26N4OS/c1-13-6-7-16-18(10-13)26-19(24-16)12-23-20(25)22-11-17-15-5-3-2-4-14(15)8-9-21-17/h8-9,13H,2-7,10-12H2,1H3,(H2,22,23,25). The SMILES string of the molecule is CC1CCc2nc(CNC(=O)NCc3nccc4c3CCCC4)sc2C1. The highest BCUT2D eigenvalue weighted by Crippen LogP contribution is 2.29. The molecule has 0 saturated carbocycles. The molecule has 2 N–H and O–H groups in total. The third-order valence-electron chi connectivity index (χ3n) is 5.41. The molecule has 1 unspecified atom stereocenters. The number of urea groups is 1. The lowest BCUT2D eigenvalue weighted by Gasteiger charge is -2.18. The minimum Gasteiger partial charge on any atom is -0.332 e. The summed E-state index contributed by atoms with van der Waals surface area (Å²) in [5.74, 6) is 0.747. The summed E-state index contributed by atoms with van der Waals surface area (Å²) >= 11 is 1.75. The van der Waals surface area contributed by atoms with Crippen LogP contribution in [0.25, 0.3) is 0 Å². The maximum absolute atomic E-state index is 12.2. The van der Waals surface area contributed by atoms with E-state index in [1.165, 1.54) is 41.0 Å². The lowest BCUT2D eigenvalue weighted by Crippen LogP contribution is -2.35. The molecule has 0 radical (unpaired) electrons. The average molecular weight is 371 g/mol. The van der Waals surface area contributed by atoms with Gasteiger partial charge >= 0.3 is 6.03 Å². The second-order valence-corrected chi connectivity index (χ2v) is 8.63. The number of pyridine rings is 1. The molecule has 26 heavy (non-hydrogen) atoms. The van der Waals surface area contributed by atoms with Gasteiger partial charge in [0.2, 0.25) is 0 Å². The predicted molar refractivity (Wildman–Crippen MR) is 103 cm³/mol. The number of hydrogen-bond acceptors (Lipinski definition) is 4. The van der Waals surface area contributed by atoms with Gasteiger partial charge in [-0.2, -0.15) is 0 Å². The van der Waals surface area contributed by atoms with Gasteiger partial charge in [0.05, 0.1) is 24.5 Å². The number of aromatic nitrogens is 2. The molecule has 1 atom stereocenters. The molecule has 0 bridgehead atoms. The van der Waals surface area contributed by atoms with E-state index in [4.69, 9.17) is 4.98 Å².